The third-order valence-corrected chi connectivity index (χ3v) is 3.41. The lowest BCUT2D eigenvalue weighted by atomic mass is 9.89. The van der Waals surface area contributed by atoms with E-state index in [9.17, 15) is 5.11 Å². The first-order chi connectivity index (χ1) is 9.26. The van der Waals surface area contributed by atoms with E-state index in [1.807, 2.05) is 6.07 Å². The van der Waals surface area contributed by atoms with Gasteiger partial charge in [-0.25, -0.2) is 0 Å². The van der Waals surface area contributed by atoms with Crippen LogP contribution in [0.15, 0.2) is 12.1 Å². The van der Waals surface area contributed by atoms with Gasteiger partial charge in [-0.2, -0.15) is 0 Å². The maximum Gasteiger partial charge on any atom is 0.161 e. The molecule has 19 heavy (non-hydrogen) atoms. The molecule has 3 heteroatoms. The number of benzene rings is 1. The van der Waals surface area contributed by atoms with E-state index in [0.717, 1.165) is 49.2 Å². The van der Waals surface area contributed by atoms with E-state index in [4.69, 9.17) is 9.47 Å². The van der Waals surface area contributed by atoms with Crippen molar-refractivity contribution in [1.82, 2.24) is 0 Å². The van der Waals surface area contributed by atoms with Crippen LogP contribution in [0.1, 0.15) is 56.8 Å². The summed E-state index contributed by atoms with van der Waals surface area (Å²) in [5.74, 6) is 1.60. The molecule has 0 heterocycles. The average Bonchev–Trinajstić information content (AvgIpc) is 2.43. The number of hydrogen-bond donors (Lipinski definition) is 1. The van der Waals surface area contributed by atoms with Gasteiger partial charge in [-0.1, -0.05) is 13.8 Å². The van der Waals surface area contributed by atoms with Gasteiger partial charge >= 0.3 is 0 Å². The third-order valence-electron chi connectivity index (χ3n) is 3.41. The number of aliphatic hydroxyl groups is 1. The predicted octanol–water partition coefficient (Wildman–Crippen LogP) is 3.63. The van der Waals surface area contributed by atoms with Crippen LogP contribution >= 0.6 is 0 Å². The molecule has 2 rings (SSSR count). The Morgan fingerprint density at radius 3 is 2.37 bits per heavy atom. The van der Waals surface area contributed by atoms with Gasteiger partial charge in [-0.3, -0.25) is 0 Å². The Kier molecular flexibility index (Phi) is 5.08. The van der Waals surface area contributed by atoms with Crippen LogP contribution in [0.2, 0.25) is 0 Å². The van der Waals surface area contributed by atoms with Crippen molar-refractivity contribution in [3.05, 3.63) is 23.3 Å². The molecule has 3 nitrogen and oxygen atoms in total. The fraction of sp³-hybridized carbons (Fsp3) is 0.625. The van der Waals surface area contributed by atoms with Crippen molar-refractivity contribution in [2.24, 2.45) is 0 Å². The highest BCUT2D eigenvalue weighted by molar-refractivity contribution is 5.49. The van der Waals surface area contributed by atoms with Gasteiger partial charge in [0, 0.05) is 0 Å². The lowest BCUT2D eigenvalue weighted by molar-refractivity contribution is 0.155. The summed E-state index contributed by atoms with van der Waals surface area (Å²) in [4.78, 5) is 0. The minimum Gasteiger partial charge on any atom is -0.490 e. The molecule has 1 N–H and O–H groups in total. The molecule has 1 aromatic carbocycles. The normalized spacial score (nSPS) is 17.9. The summed E-state index contributed by atoms with van der Waals surface area (Å²) in [6, 6.07) is 4.03. The van der Waals surface area contributed by atoms with E-state index in [1.54, 1.807) is 0 Å². The van der Waals surface area contributed by atoms with E-state index in [2.05, 4.69) is 19.9 Å². The summed E-state index contributed by atoms with van der Waals surface area (Å²) in [5.41, 5.74) is 2.22. The second kappa shape index (κ2) is 6.80. The zero-order valence-electron chi connectivity index (χ0n) is 11.9. The maximum atomic E-state index is 10.1. The Bertz CT molecular complexity index is 415. The lowest BCUT2D eigenvalue weighted by Gasteiger charge is -2.24. The summed E-state index contributed by atoms with van der Waals surface area (Å²) in [7, 11) is 0. The monoisotopic (exact) mass is 264 g/mol. The Morgan fingerprint density at radius 2 is 1.74 bits per heavy atom. The molecule has 0 amide bonds. The van der Waals surface area contributed by atoms with Crippen molar-refractivity contribution in [2.75, 3.05) is 13.2 Å². The zero-order chi connectivity index (χ0) is 13.7. The number of hydrogen-bond acceptors (Lipinski definition) is 3. The molecule has 0 bridgehead atoms. The van der Waals surface area contributed by atoms with Gasteiger partial charge in [0.05, 0.1) is 19.3 Å². The van der Waals surface area contributed by atoms with Crippen LogP contribution in [0.4, 0.5) is 0 Å². The number of fused-ring (bicyclic) bond motifs is 1. The summed E-state index contributed by atoms with van der Waals surface area (Å²) in [6.07, 6.45) is 4.49. The molecule has 0 aromatic heterocycles. The van der Waals surface area contributed by atoms with Gasteiger partial charge in [0.1, 0.15) is 0 Å². The molecular weight excluding hydrogens is 240 g/mol. The Balaban J connectivity index is 2.28. The lowest BCUT2D eigenvalue weighted by Crippen LogP contribution is -2.11. The largest absolute Gasteiger partial charge is 0.490 e. The van der Waals surface area contributed by atoms with Gasteiger partial charge in [0.25, 0.3) is 0 Å². The van der Waals surface area contributed by atoms with Crippen molar-refractivity contribution >= 4 is 0 Å². The molecule has 1 aliphatic carbocycles. The number of aliphatic hydroxyl groups excluding tert-OH is 1. The fourth-order valence-electron chi connectivity index (χ4n) is 2.44. The topological polar surface area (TPSA) is 38.7 Å². The van der Waals surface area contributed by atoms with Gasteiger partial charge in [-0.15, -0.1) is 0 Å². The van der Waals surface area contributed by atoms with Crippen LogP contribution in [0.25, 0.3) is 0 Å². The Hall–Kier alpha value is -1.22. The minimum atomic E-state index is -0.354. The predicted molar refractivity (Wildman–Crippen MR) is 75.9 cm³/mol. The van der Waals surface area contributed by atoms with Gasteiger partial charge < -0.3 is 14.6 Å². The average molecular weight is 264 g/mol. The van der Waals surface area contributed by atoms with Crippen molar-refractivity contribution in [1.29, 1.82) is 0 Å². The Labute approximate surface area is 115 Å². The molecule has 106 valence electrons. The van der Waals surface area contributed by atoms with Gasteiger partial charge in [0.2, 0.25) is 0 Å². The van der Waals surface area contributed by atoms with Crippen molar-refractivity contribution in [3.63, 3.8) is 0 Å². The molecule has 1 atom stereocenters. The first kappa shape index (κ1) is 14.2. The fourth-order valence-corrected chi connectivity index (χ4v) is 2.44. The number of ether oxygens (including phenoxy) is 2. The van der Waals surface area contributed by atoms with Crippen LogP contribution in [0, 0.1) is 0 Å². The highest BCUT2D eigenvalue weighted by atomic mass is 16.5. The van der Waals surface area contributed by atoms with E-state index in [-0.39, 0.29) is 6.10 Å². The second-order valence-electron chi connectivity index (χ2n) is 5.10. The second-order valence-corrected chi connectivity index (χ2v) is 5.10. The number of rotatable bonds is 6. The van der Waals surface area contributed by atoms with Crippen molar-refractivity contribution in [2.45, 2.75) is 52.1 Å². The summed E-state index contributed by atoms with van der Waals surface area (Å²) < 4.78 is 11.5. The van der Waals surface area contributed by atoms with Crippen LogP contribution in [-0.4, -0.2) is 18.3 Å². The van der Waals surface area contributed by atoms with Crippen LogP contribution in [0.3, 0.4) is 0 Å². The van der Waals surface area contributed by atoms with Crippen LogP contribution in [-0.2, 0) is 6.42 Å². The molecule has 1 unspecified atom stereocenters. The molecule has 1 aromatic rings. The molecule has 0 saturated heterocycles. The van der Waals surface area contributed by atoms with E-state index >= 15 is 0 Å². The van der Waals surface area contributed by atoms with Gasteiger partial charge in [-0.05, 0) is 55.4 Å². The van der Waals surface area contributed by atoms with Crippen molar-refractivity contribution < 1.29 is 14.6 Å². The highest BCUT2D eigenvalue weighted by Gasteiger charge is 2.21. The zero-order valence-corrected chi connectivity index (χ0v) is 11.9. The molecule has 0 radical (unpaired) electrons. The SMILES string of the molecule is CCCOc1cc2c(cc1OCCC)C(O)CCC2. The molecule has 0 fully saturated rings. The molecule has 0 spiro atoms. The highest BCUT2D eigenvalue weighted by Crippen LogP contribution is 2.38. The maximum absolute atomic E-state index is 10.1. The smallest absolute Gasteiger partial charge is 0.161 e. The van der Waals surface area contributed by atoms with E-state index in [1.165, 1.54) is 5.56 Å². The van der Waals surface area contributed by atoms with Gasteiger partial charge in [0.15, 0.2) is 11.5 Å². The molecular formula is C16H24O3. The standard InChI is InChI=1S/C16H24O3/c1-3-8-18-15-10-12-6-5-7-14(17)13(12)11-16(15)19-9-4-2/h10-11,14,17H,3-9H2,1-2H3. The van der Waals surface area contributed by atoms with Crippen molar-refractivity contribution in [3.8, 4) is 11.5 Å². The third kappa shape index (κ3) is 3.41. The number of aryl methyl sites for hydroxylation is 1. The van der Waals surface area contributed by atoms with Crippen LogP contribution < -0.4 is 9.47 Å². The first-order valence-corrected chi connectivity index (χ1v) is 7.36. The summed E-state index contributed by atoms with van der Waals surface area (Å²) in [6.45, 7) is 5.55. The summed E-state index contributed by atoms with van der Waals surface area (Å²) >= 11 is 0. The molecule has 0 saturated carbocycles. The summed E-state index contributed by atoms with van der Waals surface area (Å²) in [5, 5.41) is 10.1. The van der Waals surface area contributed by atoms with E-state index in [0.29, 0.717) is 13.2 Å². The molecule has 0 aliphatic heterocycles. The first-order valence-electron chi connectivity index (χ1n) is 7.36. The van der Waals surface area contributed by atoms with Crippen LogP contribution in [0.5, 0.6) is 11.5 Å². The minimum absolute atomic E-state index is 0.354. The molecule has 1 aliphatic rings. The quantitative estimate of drug-likeness (QED) is 0.852. The Morgan fingerprint density at radius 1 is 1.11 bits per heavy atom. The van der Waals surface area contributed by atoms with E-state index < -0.39 is 0 Å².